The van der Waals surface area contributed by atoms with Gasteiger partial charge in [0.1, 0.15) is 0 Å². The Morgan fingerprint density at radius 2 is 2.13 bits per heavy atom. The number of hydrogen-bond donors (Lipinski definition) is 1. The Hall–Kier alpha value is -0.930. The van der Waals surface area contributed by atoms with Gasteiger partial charge in [0, 0.05) is 19.5 Å². The SMILES string of the molecule is Cl.Cn1c(NCCCl)nc2ccccc21. The van der Waals surface area contributed by atoms with Gasteiger partial charge in [-0.2, -0.15) is 0 Å². The molecule has 1 heterocycles. The first kappa shape index (κ1) is 12.1. The predicted octanol–water partition coefficient (Wildman–Crippen LogP) is 2.65. The molecule has 0 amide bonds. The summed E-state index contributed by atoms with van der Waals surface area (Å²) in [6.45, 7) is 0.735. The Morgan fingerprint density at radius 3 is 2.80 bits per heavy atom. The van der Waals surface area contributed by atoms with E-state index in [1.54, 1.807) is 0 Å². The Morgan fingerprint density at radius 1 is 1.40 bits per heavy atom. The zero-order valence-corrected chi connectivity index (χ0v) is 9.98. The molecule has 2 rings (SSSR count). The molecule has 0 spiro atoms. The van der Waals surface area contributed by atoms with Crippen LogP contribution in [-0.4, -0.2) is 22.0 Å². The molecule has 15 heavy (non-hydrogen) atoms. The molecule has 0 aliphatic carbocycles. The van der Waals surface area contributed by atoms with E-state index in [9.17, 15) is 0 Å². The number of fused-ring (bicyclic) bond motifs is 1. The molecule has 0 aliphatic heterocycles. The first-order valence-corrected chi connectivity index (χ1v) is 5.07. The zero-order chi connectivity index (χ0) is 9.97. The molecule has 2 aromatic rings. The van der Waals surface area contributed by atoms with Crippen LogP contribution in [0.1, 0.15) is 0 Å². The summed E-state index contributed by atoms with van der Waals surface area (Å²) in [5.74, 6) is 1.45. The Kier molecular flexibility index (Phi) is 4.24. The number of aromatic nitrogens is 2. The average Bonchev–Trinajstić information content (AvgIpc) is 2.54. The lowest BCUT2D eigenvalue weighted by Gasteiger charge is -2.02. The summed E-state index contributed by atoms with van der Waals surface area (Å²) in [6.07, 6.45) is 0. The lowest BCUT2D eigenvalue weighted by Crippen LogP contribution is -2.07. The first-order chi connectivity index (χ1) is 6.83. The highest BCUT2D eigenvalue weighted by molar-refractivity contribution is 6.18. The number of alkyl halides is 1. The van der Waals surface area contributed by atoms with Crippen molar-refractivity contribution in [2.24, 2.45) is 7.05 Å². The highest BCUT2D eigenvalue weighted by Gasteiger charge is 2.04. The van der Waals surface area contributed by atoms with Gasteiger partial charge in [0.2, 0.25) is 5.95 Å². The average molecular weight is 246 g/mol. The van der Waals surface area contributed by atoms with Crippen molar-refractivity contribution in [3.63, 3.8) is 0 Å². The lowest BCUT2D eigenvalue weighted by atomic mass is 10.3. The Labute approximate surface area is 99.9 Å². The van der Waals surface area contributed by atoms with Gasteiger partial charge in [0.15, 0.2) is 0 Å². The van der Waals surface area contributed by atoms with E-state index in [1.807, 2.05) is 35.9 Å². The van der Waals surface area contributed by atoms with E-state index in [-0.39, 0.29) is 12.4 Å². The Balaban J connectivity index is 0.00000112. The molecule has 0 radical (unpaired) electrons. The molecule has 0 unspecified atom stereocenters. The van der Waals surface area contributed by atoms with E-state index in [4.69, 9.17) is 11.6 Å². The number of para-hydroxylation sites is 2. The summed E-state index contributed by atoms with van der Waals surface area (Å²) < 4.78 is 2.03. The summed E-state index contributed by atoms with van der Waals surface area (Å²) in [5, 5.41) is 3.17. The van der Waals surface area contributed by atoms with Crippen LogP contribution < -0.4 is 5.32 Å². The van der Waals surface area contributed by atoms with Crippen molar-refractivity contribution in [1.29, 1.82) is 0 Å². The van der Waals surface area contributed by atoms with Crippen LogP contribution in [0.3, 0.4) is 0 Å². The lowest BCUT2D eigenvalue weighted by molar-refractivity contribution is 0.937. The maximum Gasteiger partial charge on any atom is 0.203 e. The third kappa shape index (κ3) is 2.36. The molecule has 1 N–H and O–H groups in total. The molecule has 0 atom stereocenters. The molecule has 82 valence electrons. The molecule has 0 bridgehead atoms. The molecule has 0 saturated carbocycles. The van der Waals surface area contributed by atoms with Crippen molar-refractivity contribution < 1.29 is 0 Å². The molecule has 3 nitrogen and oxygen atoms in total. The van der Waals surface area contributed by atoms with Crippen molar-refractivity contribution in [3.8, 4) is 0 Å². The van der Waals surface area contributed by atoms with E-state index < -0.39 is 0 Å². The molecule has 0 aliphatic rings. The second kappa shape index (κ2) is 5.24. The number of benzene rings is 1. The summed E-state index contributed by atoms with van der Waals surface area (Å²) in [4.78, 5) is 4.44. The zero-order valence-electron chi connectivity index (χ0n) is 8.40. The van der Waals surface area contributed by atoms with Crippen LogP contribution in [0.2, 0.25) is 0 Å². The minimum atomic E-state index is 0. The van der Waals surface area contributed by atoms with Crippen LogP contribution >= 0.6 is 24.0 Å². The van der Waals surface area contributed by atoms with Gasteiger partial charge in [0.05, 0.1) is 11.0 Å². The molecule has 5 heteroatoms. The van der Waals surface area contributed by atoms with Crippen molar-refractivity contribution in [2.45, 2.75) is 0 Å². The fraction of sp³-hybridized carbons (Fsp3) is 0.300. The van der Waals surface area contributed by atoms with Gasteiger partial charge in [-0.3, -0.25) is 0 Å². The molecular formula is C10H13Cl2N3. The normalized spacial score (nSPS) is 10.0. The minimum absolute atomic E-state index is 0. The number of rotatable bonds is 3. The molecule has 0 fully saturated rings. The minimum Gasteiger partial charge on any atom is -0.354 e. The van der Waals surface area contributed by atoms with Crippen molar-refractivity contribution in [3.05, 3.63) is 24.3 Å². The molecule has 1 aromatic carbocycles. The van der Waals surface area contributed by atoms with Gasteiger partial charge < -0.3 is 9.88 Å². The van der Waals surface area contributed by atoms with Crippen LogP contribution in [0.4, 0.5) is 5.95 Å². The van der Waals surface area contributed by atoms with Crippen molar-refractivity contribution in [2.75, 3.05) is 17.7 Å². The largest absolute Gasteiger partial charge is 0.354 e. The summed E-state index contributed by atoms with van der Waals surface area (Å²) in [5.41, 5.74) is 2.14. The van der Waals surface area contributed by atoms with E-state index in [2.05, 4.69) is 10.3 Å². The first-order valence-electron chi connectivity index (χ1n) is 4.54. The van der Waals surface area contributed by atoms with Gasteiger partial charge in [-0.15, -0.1) is 24.0 Å². The predicted molar refractivity (Wildman–Crippen MR) is 67.2 cm³/mol. The molecule has 0 saturated heterocycles. The maximum atomic E-state index is 5.60. The van der Waals surface area contributed by atoms with Gasteiger partial charge in [0.25, 0.3) is 0 Å². The number of halogens is 2. The van der Waals surface area contributed by atoms with Crippen molar-refractivity contribution >= 4 is 41.0 Å². The molecular weight excluding hydrogens is 233 g/mol. The third-order valence-corrected chi connectivity index (χ3v) is 2.35. The van der Waals surface area contributed by atoms with Crippen LogP contribution in [0.5, 0.6) is 0 Å². The quantitative estimate of drug-likeness (QED) is 0.844. The van der Waals surface area contributed by atoms with E-state index in [1.165, 1.54) is 0 Å². The van der Waals surface area contributed by atoms with Crippen LogP contribution in [0.15, 0.2) is 24.3 Å². The number of anilines is 1. The van der Waals surface area contributed by atoms with Gasteiger partial charge in [-0.05, 0) is 12.1 Å². The van der Waals surface area contributed by atoms with E-state index in [0.717, 1.165) is 23.5 Å². The van der Waals surface area contributed by atoms with E-state index in [0.29, 0.717) is 5.88 Å². The topological polar surface area (TPSA) is 29.9 Å². The van der Waals surface area contributed by atoms with Crippen LogP contribution in [-0.2, 0) is 7.05 Å². The van der Waals surface area contributed by atoms with Gasteiger partial charge in [-0.1, -0.05) is 12.1 Å². The van der Waals surface area contributed by atoms with Crippen molar-refractivity contribution in [1.82, 2.24) is 9.55 Å². The highest BCUT2D eigenvalue weighted by Crippen LogP contribution is 2.16. The number of aryl methyl sites for hydroxylation is 1. The summed E-state index contributed by atoms with van der Waals surface area (Å²) >= 11 is 5.60. The van der Waals surface area contributed by atoms with Crippen LogP contribution in [0.25, 0.3) is 11.0 Å². The second-order valence-electron chi connectivity index (χ2n) is 3.10. The maximum absolute atomic E-state index is 5.60. The molecule has 1 aromatic heterocycles. The number of hydrogen-bond acceptors (Lipinski definition) is 2. The van der Waals surface area contributed by atoms with Gasteiger partial charge >= 0.3 is 0 Å². The summed E-state index contributed by atoms with van der Waals surface area (Å²) in [6, 6.07) is 8.05. The monoisotopic (exact) mass is 245 g/mol. The number of nitrogens with zero attached hydrogens (tertiary/aromatic N) is 2. The summed E-state index contributed by atoms with van der Waals surface area (Å²) in [7, 11) is 1.99. The van der Waals surface area contributed by atoms with Gasteiger partial charge in [-0.25, -0.2) is 4.98 Å². The van der Waals surface area contributed by atoms with Crippen LogP contribution in [0, 0.1) is 0 Å². The van der Waals surface area contributed by atoms with E-state index >= 15 is 0 Å². The third-order valence-electron chi connectivity index (χ3n) is 2.16. The Bertz CT molecular complexity index is 439. The number of imidazole rings is 1. The smallest absolute Gasteiger partial charge is 0.203 e. The number of nitrogens with one attached hydrogen (secondary N) is 1. The second-order valence-corrected chi connectivity index (χ2v) is 3.48. The standard InChI is InChI=1S/C10H12ClN3.ClH/c1-14-9-5-3-2-4-8(9)13-10(14)12-7-6-11;/h2-5H,6-7H2,1H3,(H,12,13);1H. The fourth-order valence-electron chi connectivity index (χ4n) is 1.46. The fourth-order valence-corrected chi connectivity index (χ4v) is 1.56. The highest BCUT2D eigenvalue weighted by atomic mass is 35.5.